The third-order valence-electron chi connectivity index (χ3n) is 3.04. The lowest BCUT2D eigenvalue weighted by atomic mass is 10.2. The molecule has 0 aliphatic carbocycles. The van der Waals surface area contributed by atoms with Crippen molar-refractivity contribution in [3.8, 4) is 5.88 Å². The maximum absolute atomic E-state index is 11.9. The number of rotatable bonds is 8. The van der Waals surface area contributed by atoms with Crippen LogP contribution in [0.15, 0.2) is 53.6 Å². The Morgan fingerprint density at radius 1 is 1.17 bits per heavy atom. The van der Waals surface area contributed by atoms with Gasteiger partial charge in [0.2, 0.25) is 5.88 Å². The van der Waals surface area contributed by atoms with Crippen LogP contribution in [0, 0.1) is 0 Å². The van der Waals surface area contributed by atoms with Crippen LogP contribution in [0.3, 0.4) is 0 Å². The first-order valence-corrected chi connectivity index (χ1v) is 8.94. The van der Waals surface area contributed by atoms with Crippen LogP contribution in [0.5, 0.6) is 5.88 Å². The smallest absolute Gasteiger partial charge is 0.315 e. The number of ether oxygens (including phenoxy) is 1. The number of hydrogen-bond acceptors (Lipinski definition) is 4. The topological polar surface area (TPSA) is 63.2 Å². The summed E-state index contributed by atoms with van der Waals surface area (Å²) in [5.74, 6) is 1.39. The van der Waals surface area contributed by atoms with Crippen LogP contribution in [0.2, 0.25) is 0 Å². The Bertz CT molecular complexity index is 635. The molecule has 0 unspecified atom stereocenters. The second-order valence-corrected chi connectivity index (χ2v) is 6.57. The molecule has 0 saturated heterocycles. The summed E-state index contributed by atoms with van der Waals surface area (Å²) in [5, 5.41) is 5.68. The average Bonchev–Trinajstić information content (AvgIpc) is 2.58. The Morgan fingerprint density at radius 3 is 2.71 bits per heavy atom. The van der Waals surface area contributed by atoms with Crippen LogP contribution in [0.25, 0.3) is 0 Å². The zero-order valence-electron chi connectivity index (χ0n) is 14.0. The van der Waals surface area contributed by atoms with Crippen LogP contribution >= 0.6 is 11.8 Å². The van der Waals surface area contributed by atoms with Crippen LogP contribution in [0.1, 0.15) is 19.4 Å². The van der Waals surface area contributed by atoms with E-state index in [0.717, 1.165) is 11.3 Å². The summed E-state index contributed by atoms with van der Waals surface area (Å²) in [5.41, 5.74) is 0.861. The standard InChI is InChI=1S/C18H23N3O2S/c1-14(2)23-17-15(7-6-10-19-17)13-21-18(22)20-11-12-24-16-8-4-3-5-9-16/h3-10,14H,11-13H2,1-2H3,(H2,20,21,22). The fourth-order valence-electron chi connectivity index (χ4n) is 1.98. The first kappa shape index (κ1) is 18.1. The van der Waals surface area contributed by atoms with Gasteiger partial charge in [0.25, 0.3) is 0 Å². The van der Waals surface area contributed by atoms with Gasteiger partial charge in [-0.3, -0.25) is 0 Å². The molecule has 0 saturated carbocycles. The van der Waals surface area contributed by atoms with Crippen LogP contribution in [0.4, 0.5) is 4.79 Å². The molecule has 1 aromatic carbocycles. The number of aromatic nitrogens is 1. The van der Waals surface area contributed by atoms with E-state index < -0.39 is 0 Å². The van der Waals surface area contributed by atoms with Gasteiger partial charge >= 0.3 is 6.03 Å². The average molecular weight is 345 g/mol. The molecule has 24 heavy (non-hydrogen) atoms. The Morgan fingerprint density at radius 2 is 1.96 bits per heavy atom. The van der Waals surface area contributed by atoms with Crippen molar-refractivity contribution in [3.05, 3.63) is 54.2 Å². The molecule has 0 radical (unpaired) electrons. The first-order valence-electron chi connectivity index (χ1n) is 7.95. The highest BCUT2D eigenvalue weighted by Gasteiger charge is 2.08. The summed E-state index contributed by atoms with van der Waals surface area (Å²) in [7, 11) is 0. The van der Waals surface area contributed by atoms with E-state index in [1.807, 2.05) is 44.2 Å². The highest BCUT2D eigenvalue weighted by Crippen LogP contribution is 2.16. The Hall–Kier alpha value is -2.21. The van der Waals surface area contributed by atoms with Gasteiger partial charge in [0, 0.05) is 35.5 Å². The number of nitrogens with one attached hydrogen (secondary N) is 2. The van der Waals surface area contributed by atoms with Crippen LogP contribution < -0.4 is 15.4 Å². The predicted molar refractivity (Wildman–Crippen MR) is 97.4 cm³/mol. The summed E-state index contributed by atoms with van der Waals surface area (Å²) in [6, 6.07) is 13.7. The van der Waals surface area contributed by atoms with Gasteiger partial charge in [0.1, 0.15) is 0 Å². The largest absolute Gasteiger partial charge is 0.475 e. The van der Waals surface area contributed by atoms with Gasteiger partial charge in [-0.15, -0.1) is 11.8 Å². The third kappa shape index (κ3) is 6.50. The van der Waals surface area contributed by atoms with Crippen molar-refractivity contribution >= 4 is 17.8 Å². The summed E-state index contributed by atoms with van der Waals surface area (Å²) in [6.45, 7) is 4.88. The summed E-state index contributed by atoms with van der Waals surface area (Å²) >= 11 is 1.71. The Balaban J connectivity index is 1.70. The SMILES string of the molecule is CC(C)Oc1ncccc1CNC(=O)NCCSc1ccccc1. The highest BCUT2D eigenvalue weighted by atomic mass is 32.2. The number of hydrogen-bond donors (Lipinski definition) is 2. The van der Waals surface area contributed by atoms with E-state index >= 15 is 0 Å². The minimum absolute atomic E-state index is 0.0440. The van der Waals surface area contributed by atoms with Crippen molar-refractivity contribution < 1.29 is 9.53 Å². The molecule has 2 rings (SSSR count). The van der Waals surface area contributed by atoms with E-state index in [1.54, 1.807) is 18.0 Å². The lowest BCUT2D eigenvalue weighted by Gasteiger charge is -2.13. The fraction of sp³-hybridized carbons (Fsp3) is 0.333. The second kappa shape index (κ2) is 9.82. The minimum Gasteiger partial charge on any atom is -0.475 e. The van der Waals surface area contributed by atoms with Gasteiger partial charge < -0.3 is 15.4 Å². The summed E-state index contributed by atoms with van der Waals surface area (Å²) in [4.78, 5) is 17.3. The third-order valence-corrected chi connectivity index (χ3v) is 4.05. The van der Waals surface area contributed by atoms with Gasteiger partial charge in [0.15, 0.2) is 0 Å². The second-order valence-electron chi connectivity index (χ2n) is 5.41. The number of benzene rings is 1. The molecule has 1 heterocycles. The summed E-state index contributed by atoms with van der Waals surface area (Å²) < 4.78 is 5.64. The molecule has 2 amide bonds. The van der Waals surface area contributed by atoms with Crippen molar-refractivity contribution in [2.75, 3.05) is 12.3 Å². The monoisotopic (exact) mass is 345 g/mol. The number of carbonyl (C=O) groups excluding carboxylic acids is 1. The predicted octanol–water partition coefficient (Wildman–Crippen LogP) is 3.46. The number of pyridine rings is 1. The van der Waals surface area contributed by atoms with Gasteiger partial charge in [-0.1, -0.05) is 24.3 Å². The molecule has 0 atom stereocenters. The number of carbonyl (C=O) groups is 1. The van der Waals surface area contributed by atoms with E-state index in [1.165, 1.54) is 4.90 Å². The number of nitrogens with zero attached hydrogens (tertiary/aromatic N) is 1. The lowest BCUT2D eigenvalue weighted by molar-refractivity contribution is 0.228. The van der Waals surface area contributed by atoms with Crippen molar-refractivity contribution in [1.29, 1.82) is 0 Å². The zero-order valence-corrected chi connectivity index (χ0v) is 14.8. The molecule has 5 nitrogen and oxygen atoms in total. The van der Waals surface area contributed by atoms with E-state index in [-0.39, 0.29) is 12.1 Å². The molecule has 0 fully saturated rings. The van der Waals surface area contributed by atoms with Crippen molar-refractivity contribution in [3.63, 3.8) is 0 Å². The van der Waals surface area contributed by atoms with Crippen molar-refractivity contribution in [2.24, 2.45) is 0 Å². The number of urea groups is 1. The zero-order chi connectivity index (χ0) is 17.2. The summed E-state index contributed by atoms with van der Waals surface area (Å²) in [6.07, 6.45) is 1.73. The van der Waals surface area contributed by atoms with Gasteiger partial charge in [-0.2, -0.15) is 0 Å². The first-order chi connectivity index (χ1) is 11.6. The molecule has 0 spiro atoms. The molecular weight excluding hydrogens is 322 g/mol. The van der Waals surface area contributed by atoms with Crippen LogP contribution in [-0.2, 0) is 6.54 Å². The molecule has 2 N–H and O–H groups in total. The van der Waals surface area contributed by atoms with Gasteiger partial charge in [-0.05, 0) is 32.0 Å². The molecule has 0 bridgehead atoms. The quantitative estimate of drug-likeness (QED) is 0.568. The van der Waals surface area contributed by atoms with Crippen LogP contribution in [-0.4, -0.2) is 29.4 Å². The van der Waals surface area contributed by atoms with E-state index in [0.29, 0.717) is 19.0 Å². The lowest BCUT2D eigenvalue weighted by Crippen LogP contribution is -2.36. The van der Waals surface area contributed by atoms with Gasteiger partial charge in [-0.25, -0.2) is 9.78 Å². The highest BCUT2D eigenvalue weighted by molar-refractivity contribution is 7.99. The molecule has 0 aliphatic rings. The van der Waals surface area contributed by atoms with E-state index in [9.17, 15) is 4.79 Å². The number of thioether (sulfide) groups is 1. The molecule has 1 aromatic heterocycles. The maximum atomic E-state index is 11.9. The maximum Gasteiger partial charge on any atom is 0.315 e. The minimum atomic E-state index is -0.192. The van der Waals surface area contributed by atoms with Gasteiger partial charge in [0.05, 0.1) is 6.10 Å². The van der Waals surface area contributed by atoms with Crippen molar-refractivity contribution in [1.82, 2.24) is 15.6 Å². The molecular formula is C18H23N3O2S. The van der Waals surface area contributed by atoms with E-state index in [4.69, 9.17) is 4.74 Å². The molecule has 0 aliphatic heterocycles. The number of amides is 2. The molecule has 128 valence electrons. The normalized spacial score (nSPS) is 10.5. The van der Waals surface area contributed by atoms with E-state index in [2.05, 4.69) is 27.8 Å². The van der Waals surface area contributed by atoms with Crippen molar-refractivity contribution in [2.45, 2.75) is 31.4 Å². The molecule has 6 heteroatoms. The molecule has 2 aromatic rings. The fourth-order valence-corrected chi connectivity index (χ4v) is 2.77. The Kier molecular flexibility index (Phi) is 7.42. The Labute approximate surface area is 147 Å².